The molecule has 7 nitrogen and oxygen atoms in total. The van der Waals surface area contributed by atoms with Gasteiger partial charge in [-0.15, -0.1) is 5.10 Å². The number of aromatic nitrogens is 5. The van der Waals surface area contributed by atoms with E-state index in [-0.39, 0.29) is 17.1 Å². The van der Waals surface area contributed by atoms with Crippen molar-refractivity contribution in [2.24, 2.45) is 0 Å². The van der Waals surface area contributed by atoms with Gasteiger partial charge in [0.05, 0.1) is 13.2 Å². The summed E-state index contributed by atoms with van der Waals surface area (Å²) < 4.78 is 6.97. The number of hydrogen-bond donors (Lipinski definition) is 1. The van der Waals surface area contributed by atoms with E-state index in [1.54, 1.807) is 11.8 Å². The Labute approximate surface area is 174 Å². The fourth-order valence-corrected chi connectivity index (χ4v) is 3.57. The number of hydrogen-bond acceptors (Lipinski definition) is 5. The molecule has 1 atom stereocenters. The lowest BCUT2D eigenvalue weighted by atomic mass is 10.1. The molecule has 0 amide bonds. The number of methoxy groups -OCH3 is 1. The molecule has 30 heavy (non-hydrogen) atoms. The second kappa shape index (κ2) is 8.90. The summed E-state index contributed by atoms with van der Waals surface area (Å²) in [7, 11) is 1.64. The van der Waals surface area contributed by atoms with Gasteiger partial charge in [0.25, 0.3) is 5.56 Å². The highest BCUT2D eigenvalue weighted by Gasteiger charge is 2.16. The normalized spacial score (nSPS) is 12.2. The highest BCUT2D eigenvalue weighted by atomic mass is 16.5. The summed E-state index contributed by atoms with van der Waals surface area (Å²) in [5.74, 6) is 1.39. The Kier molecular flexibility index (Phi) is 5.88. The third-order valence-electron chi connectivity index (χ3n) is 5.26. The Morgan fingerprint density at radius 3 is 2.57 bits per heavy atom. The Hall–Kier alpha value is -3.48. The molecule has 4 rings (SSSR count). The van der Waals surface area contributed by atoms with E-state index in [1.165, 1.54) is 5.56 Å². The minimum absolute atomic E-state index is 0.0989. The van der Waals surface area contributed by atoms with Gasteiger partial charge in [-0.05, 0) is 49.4 Å². The number of H-pyrrole nitrogens is 1. The zero-order valence-corrected chi connectivity index (χ0v) is 17.2. The molecule has 0 aliphatic heterocycles. The van der Waals surface area contributed by atoms with E-state index < -0.39 is 0 Å². The van der Waals surface area contributed by atoms with Gasteiger partial charge in [0.2, 0.25) is 0 Å². The minimum Gasteiger partial charge on any atom is -0.497 e. The molecule has 1 unspecified atom stereocenters. The van der Waals surface area contributed by atoms with Gasteiger partial charge in [0, 0.05) is 6.42 Å². The average molecular weight is 403 g/mol. The van der Waals surface area contributed by atoms with Crippen molar-refractivity contribution < 1.29 is 4.74 Å². The molecule has 0 saturated carbocycles. The summed E-state index contributed by atoms with van der Waals surface area (Å²) in [5, 5.41) is 8.29. The van der Waals surface area contributed by atoms with E-state index in [4.69, 9.17) is 4.74 Å². The molecule has 4 aromatic rings. The molecular weight excluding hydrogens is 378 g/mol. The molecule has 2 aromatic carbocycles. The Bertz CT molecular complexity index is 1170. The van der Waals surface area contributed by atoms with Gasteiger partial charge >= 0.3 is 0 Å². The maximum atomic E-state index is 12.5. The third-order valence-corrected chi connectivity index (χ3v) is 5.26. The van der Waals surface area contributed by atoms with Crippen LogP contribution in [0, 0.1) is 0 Å². The van der Waals surface area contributed by atoms with Gasteiger partial charge in [-0.2, -0.15) is 0 Å². The molecule has 2 heterocycles. The van der Waals surface area contributed by atoms with Crippen LogP contribution in [0.25, 0.3) is 11.2 Å². The fraction of sp³-hybridized carbons (Fsp3) is 0.304. The van der Waals surface area contributed by atoms with Crippen LogP contribution in [0.4, 0.5) is 0 Å². The van der Waals surface area contributed by atoms with Crippen LogP contribution in [0.5, 0.6) is 5.75 Å². The molecule has 0 aliphatic carbocycles. The van der Waals surface area contributed by atoms with Crippen LogP contribution in [-0.2, 0) is 12.8 Å². The molecule has 0 saturated heterocycles. The van der Waals surface area contributed by atoms with E-state index >= 15 is 0 Å². The van der Waals surface area contributed by atoms with Crippen molar-refractivity contribution in [2.45, 2.75) is 38.6 Å². The van der Waals surface area contributed by atoms with Crippen LogP contribution in [0.1, 0.15) is 42.8 Å². The van der Waals surface area contributed by atoms with Crippen LogP contribution in [0.3, 0.4) is 0 Å². The van der Waals surface area contributed by atoms with Crippen molar-refractivity contribution in [1.29, 1.82) is 0 Å². The predicted octanol–water partition coefficient (Wildman–Crippen LogP) is 3.70. The monoisotopic (exact) mass is 403 g/mol. The summed E-state index contributed by atoms with van der Waals surface area (Å²) in [6, 6.07) is 18.2. The molecule has 0 fully saturated rings. The number of nitrogens with zero attached hydrogens (tertiary/aromatic N) is 4. The maximum Gasteiger partial charge on any atom is 0.281 e. The second-order valence-electron chi connectivity index (χ2n) is 7.47. The summed E-state index contributed by atoms with van der Waals surface area (Å²) in [5.41, 5.74) is 2.92. The van der Waals surface area contributed by atoms with Crippen LogP contribution < -0.4 is 10.3 Å². The average Bonchev–Trinajstić information content (AvgIpc) is 3.20. The first-order chi connectivity index (χ1) is 14.6. The Balaban J connectivity index is 1.51. The van der Waals surface area contributed by atoms with Gasteiger partial charge in [-0.25, -0.2) is 9.67 Å². The predicted molar refractivity (Wildman–Crippen MR) is 116 cm³/mol. The first-order valence-corrected chi connectivity index (χ1v) is 10.1. The molecule has 7 heteroatoms. The van der Waals surface area contributed by atoms with Gasteiger partial charge < -0.3 is 9.72 Å². The minimum atomic E-state index is -0.258. The van der Waals surface area contributed by atoms with Crippen molar-refractivity contribution in [3.63, 3.8) is 0 Å². The molecule has 0 aliphatic rings. The summed E-state index contributed by atoms with van der Waals surface area (Å²) in [6.45, 7) is 2.09. The molecule has 0 spiro atoms. The number of ether oxygens (including phenoxy) is 1. The van der Waals surface area contributed by atoms with Gasteiger partial charge in [0.1, 0.15) is 11.6 Å². The summed E-state index contributed by atoms with van der Waals surface area (Å²) in [6.07, 6.45) is 3.47. The van der Waals surface area contributed by atoms with Crippen LogP contribution >= 0.6 is 0 Å². The molecule has 2 aromatic heterocycles. The highest BCUT2D eigenvalue weighted by Crippen LogP contribution is 2.19. The van der Waals surface area contributed by atoms with Gasteiger partial charge in [0.15, 0.2) is 11.2 Å². The number of aromatic amines is 1. The zero-order chi connectivity index (χ0) is 20.9. The van der Waals surface area contributed by atoms with Crippen molar-refractivity contribution in [2.75, 3.05) is 7.11 Å². The van der Waals surface area contributed by atoms with Crippen molar-refractivity contribution in [1.82, 2.24) is 25.0 Å². The fourth-order valence-electron chi connectivity index (χ4n) is 3.57. The van der Waals surface area contributed by atoms with E-state index in [0.717, 1.165) is 30.6 Å². The van der Waals surface area contributed by atoms with Gasteiger partial charge in [-0.3, -0.25) is 4.79 Å². The number of nitrogens with one attached hydrogen (secondary N) is 1. The van der Waals surface area contributed by atoms with E-state index in [9.17, 15) is 4.79 Å². The third kappa shape index (κ3) is 4.40. The van der Waals surface area contributed by atoms with Crippen molar-refractivity contribution in [3.8, 4) is 5.75 Å². The largest absolute Gasteiger partial charge is 0.497 e. The zero-order valence-electron chi connectivity index (χ0n) is 17.2. The number of fused-ring (bicyclic) bond motifs is 1. The second-order valence-corrected chi connectivity index (χ2v) is 7.47. The Morgan fingerprint density at radius 1 is 1.07 bits per heavy atom. The van der Waals surface area contributed by atoms with Crippen molar-refractivity contribution in [3.05, 3.63) is 81.9 Å². The maximum absolute atomic E-state index is 12.5. The van der Waals surface area contributed by atoms with Crippen LogP contribution in [0.15, 0.2) is 59.4 Å². The molecular formula is C23H25N5O2. The molecule has 0 radical (unpaired) electrons. The Morgan fingerprint density at radius 2 is 1.83 bits per heavy atom. The first-order valence-electron chi connectivity index (χ1n) is 10.1. The number of benzene rings is 2. The lowest BCUT2D eigenvalue weighted by molar-refractivity contribution is 0.414. The van der Waals surface area contributed by atoms with Crippen LogP contribution in [0.2, 0.25) is 0 Å². The van der Waals surface area contributed by atoms with Crippen LogP contribution in [-0.4, -0.2) is 32.1 Å². The van der Waals surface area contributed by atoms with Crippen molar-refractivity contribution >= 4 is 11.2 Å². The standard InChI is InChI=1S/C23H25N5O2/c1-16(7-6-10-17-8-4-3-5-9-17)28-22-21(26-27-28)23(29)25-20(24-22)15-18-11-13-19(30-2)14-12-18/h3-5,8-9,11-14,16H,6-7,10,15H2,1-2H3,(H,24,25,29). The lowest BCUT2D eigenvalue weighted by Gasteiger charge is -2.12. The summed E-state index contributed by atoms with van der Waals surface area (Å²) >= 11 is 0. The molecule has 0 bridgehead atoms. The molecule has 1 N–H and O–H groups in total. The SMILES string of the molecule is COc1ccc(Cc2nc3c(nnn3C(C)CCCc3ccccc3)c(=O)[nH]2)cc1. The highest BCUT2D eigenvalue weighted by molar-refractivity contribution is 5.68. The smallest absolute Gasteiger partial charge is 0.281 e. The van der Waals surface area contributed by atoms with E-state index in [0.29, 0.717) is 17.9 Å². The summed E-state index contributed by atoms with van der Waals surface area (Å²) in [4.78, 5) is 20.0. The van der Waals surface area contributed by atoms with E-state index in [2.05, 4.69) is 51.5 Å². The van der Waals surface area contributed by atoms with E-state index in [1.807, 2.05) is 30.3 Å². The quantitative estimate of drug-likeness (QED) is 0.485. The number of rotatable bonds is 8. The topological polar surface area (TPSA) is 85.7 Å². The lowest BCUT2D eigenvalue weighted by Crippen LogP contribution is -2.15. The first kappa shape index (κ1) is 19.8. The number of aryl methyl sites for hydroxylation is 1. The molecule has 154 valence electrons. The van der Waals surface area contributed by atoms with Gasteiger partial charge in [-0.1, -0.05) is 47.7 Å².